The summed E-state index contributed by atoms with van der Waals surface area (Å²) >= 11 is 1.60. The van der Waals surface area contributed by atoms with Gasteiger partial charge in [-0.1, -0.05) is 6.92 Å². The first-order valence-electron chi connectivity index (χ1n) is 7.15. The molecule has 0 saturated heterocycles. The molecule has 106 valence electrons. The summed E-state index contributed by atoms with van der Waals surface area (Å²) in [6.45, 7) is 4.92. The van der Waals surface area contributed by atoms with Crippen molar-refractivity contribution in [2.24, 2.45) is 5.92 Å². The van der Waals surface area contributed by atoms with Gasteiger partial charge in [0.25, 0.3) is 5.91 Å². The van der Waals surface area contributed by atoms with Crippen LogP contribution in [-0.2, 0) is 6.42 Å². The Morgan fingerprint density at radius 1 is 1.42 bits per heavy atom. The molecular weight excluding hydrogens is 258 g/mol. The molecule has 1 heterocycles. The molecule has 1 aliphatic carbocycles. The van der Waals surface area contributed by atoms with Crippen LogP contribution < -0.4 is 5.32 Å². The van der Waals surface area contributed by atoms with Crippen molar-refractivity contribution in [3.8, 4) is 0 Å². The summed E-state index contributed by atoms with van der Waals surface area (Å²) in [5, 5.41) is 12.5. The van der Waals surface area contributed by atoms with Crippen molar-refractivity contribution >= 4 is 17.2 Å². The van der Waals surface area contributed by atoms with Gasteiger partial charge in [0.2, 0.25) is 0 Å². The zero-order chi connectivity index (χ0) is 13.8. The Morgan fingerprint density at radius 2 is 2.11 bits per heavy atom. The highest BCUT2D eigenvalue weighted by atomic mass is 32.1. The lowest BCUT2D eigenvalue weighted by Crippen LogP contribution is -2.31. The van der Waals surface area contributed by atoms with Gasteiger partial charge in [-0.3, -0.25) is 4.79 Å². The van der Waals surface area contributed by atoms with Crippen LogP contribution in [-0.4, -0.2) is 23.7 Å². The smallest absolute Gasteiger partial charge is 0.261 e. The SMILES string of the molecule is CCc1sc(C(=O)NCC2CCC(O)CC2)cc1C. The number of thiophene rings is 1. The highest BCUT2D eigenvalue weighted by Crippen LogP contribution is 2.25. The molecule has 0 bridgehead atoms. The van der Waals surface area contributed by atoms with E-state index in [0.717, 1.165) is 43.5 Å². The van der Waals surface area contributed by atoms with Crippen LogP contribution in [0.4, 0.5) is 0 Å². The van der Waals surface area contributed by atoms with Gasteiger partial charge in [0.15, 0.2) is 0 Å². The minimum Gasteiger partial charge on any atom is -0.393 e. The van der Waals surface area contributed by atoms with Crippen LogP contribution in [0.25, 0.3) is 0 Å². The van der Waals surface area contributed by atoms with E-state index in [1.54, 1.807) is 11.3 Å². The van der Waals surface area contributed by atoms with Crippen LogP contribution in [0.2, 0.25) is 0 Å². The summed E-state index contributed by atoms with van der Waals surface area (Å²) < 4.78 is 0. The van der Waals surface area contributed by atoms with E-state index >= 15 is 0 Å². The second-order valence-corrected chi connectivity index (χ2v) is 6.59. The molecular formula is C15H23NO2S. The van der Waals surface area contributed by atoms with Crippen LogP contribution in [0, 0.1) is 12.8 Å². The van der Waals surface area contributed by atoms with Crippen molar-refractivity contribution < 1.29 is 9.90 Å². The third-order valence-corrected chi connectivity index (χ3v) is 5.31. The summed E-state index contributed by atoms with van der Waals surface area (Å²) in [6, 6.07) is 1.99. The molecule has 0 radical (unpaired) electrons. The van der Waals surface area contributed by atoms with Gasteiger partial charge in [0.05, 0.1) is 11.0 Å². The fourth-order valence-electron chi connectivity index (χ4n) is 2.66. The molecule has 0 aromatic carbocycles. The van der Waals surface area contributed by atoms with Gasteiger partial charge >= 0.3 is 0 Å². The van der Waals surface area contributed by atoms with Gasteiger partial charge < -0.3 is 10.4 Å². The van der Waals surface area contributed by atoms with E-state index in [2.05, 4.69) is 19.2 Å². The molecule has 4 heteroatoms. The summed E-state index contributed by atoms with van der Waals surface area (Å²) in [6.07, 6.45) is 4.65. The molecule has 0 unspecified atom stereocenters. The van der Waals surface area contributed by atoms with Crippen LogP contribution in [0.5, 0.6) is 0 Å². The van der Waals surface area contributed by atoms with Crippen LogP contribution in [0.15, 0.2) is 6.07 Å². The Labute approximate surface area is 119 Å². The topological polar surface area (TPSA) is 49.3 Å². The Morgan fingerprint density at radius 3 is 2.68 bits per heavy atom. The lowest BCUT2D eigenvalue weighted by atomic mass is 9.87. The molecule has 1 fully saturated rings. The Kier molecular flexibility index (Phi) is 4.99. The number of carbonyl (C=O) groups excluding carboxylic acids is 1. The first-order chi connectivity index (χ1) is 9.10. The summed E-state index contributed by atoms with van der Waals surface area (Å²) in [5.74, 6) is 0.581. The quantitative estimate of drug-likeness (QED) is 0.891. The Hall–Kier alpha value is -0.870. The van der Waals surface area contributed by atoms with Crippen molar-refractivity contribution in [3.05, 3.63) is 21.4 Å². The molecule has 1 aromatic rings. The van der Waals surface area contributed by atoms with Crippen molar-refractivity contribution in [2.75, 3.05) is 6.54 Å². The third-order valence-electron chi connectivity index (χ3n) is 3.93. The van der Waals surface area contributed by atoms with E-state index in [1.807, 2.05) is 6.07 Å². The highest BCUT2D eigenvalue weighted by Gasteiger charge is 2.20. The van der Waals surface area contributed by atoms with Gasteiger partial charge in [-0.05, 0) is 56.6 Å². The van der Waals surface area contributed by atoms with Crippen molar-refractivity contribution in [3.63, 3.8) is 0 Å². The Balaban J connectivity index is 1.83. The lowest BCUT2D eigenvalue weighted by molar-refractivity contribution is 0.0913. The molecule has 0 aliphatic heterocycles. The number of carbonyl (C=O) groups is 1. The monoisotopic (exact) mass is 281 g/mol. The first-order valence-corrected chi connectivity index (χ1v) is 7.97. The molecule has 0 spiro atoms. The molecule has 19 heavy (non-hydrogen) atoms. The maximum Gasteiger partial charge on any atom is 0.261 e. The molecule has 1 aromatic heterocycles. The minimum absolute atomic E-state index is 0.0546. The van der Waals surface area contributed by atoms with Crippen LogP contribution in [0.3, 0.4) is 0 Å². The highest BCUT2D eigenvalue weighted by molar-refractivity contribution is 7.14. The zero-order valence-electron chi connectivity index (χ0n) is 11.7. The average Bonchev–Trinajstić information content (AvgIpc) is 2.79. The number of rotatable bonds is 4. The Bertz CT molecular complexity index is 433. The van der Waals surface area contributed by atoms with Crippen molar-refractivity contribution in [1.82, 2.24) is 5.32 Å². The maximum absolute atomic E-state index is 12.1. The van der Waals surface area contributed by atoms with E-state index < -0.39 is 0 Å². The number of aliphatic hydroxyl groups is 1. The van der Waals surface area contributed by atoms with Gasteiger partial charge in [-0.15, -0.1) is 11.3 Å². The number of nitrogens with one attached hydrogen (secondary N) is 1. The second kappa shape index (κ2) is 6.53. The first kappa shape index (κ1) is 14.5. The summed E-state index contributed by atoms with van der Waals surface area (Å²) in [5.41, 5.74) is 1.22. The number of aryl methyl sites for hydroxylation is 2. The van der Waals surface area contributed by atoms with Gasteiger partial charge in [-0.2, -0.15) is 0 Å². The predicted octanol–water partition coefficient (Wildman–Crippen LogP) is 2.90. The normalized spacial score (nSPS) is 23.3. The van der Waals surface area contributed by atoms with Crippen LogP contribution >= 0.6 is 11.3 Å². The zero-order valence-corrected chi connectivity index (χ0v) is 12.6. The van der Waals surface area contributed by atoms with Crippen molar-refractivity contribution in [1.29, 1.82) is 0 Å². The standard InChI is InChI=1S/C15H23NO2S/c1-3-13-10(2)8-14(19-13)15(18)16-9-11-4-6-12(17)7-5-11/h8,11-12,17H,3-7,9H2,1-2H3,(H,16,18). The molecule has 2 rings (SSSR count). The average molecular weight is 281 g/mol. The number of hydrogen-bond donors (Lipinski definition) is 2. The predicted molar refractivity (Wildman–Crippen MR) is 78.7 cm³/mol. The minimum atomic E-state index is -0.126. The summed E-state index contributed by atoms with van der Waals surface area (Å²) in [7, 11) is 0. The van der Waals surface area contributed by atoms with Gasteiger partial charge in [-0.25, -0.2) is 0 Å². The number of amides is 1. The molecule has 2 N–H and O–H groups in total. The fourth-order valence-corrected chi connectivity index (χ4v) is 3.69. The molecule has 1 amide bonds. The largest absolute Gasteiger partial charge is 0.393 e. The lowest BCUT2D eigenvalue weighted by Gasteiger charge is -2.25. The number of aliphatic hydroxyl groups excluding tert-OH is 1. The maximum atomic E-state index is 12.1. The van der Waals surface area contributed by atoms with Crippen molar-refractivity contribution in [2.45, 2.75) is 52.1 Å². The second-order valence-electron chi connectivity index (χ2n) is 5.45. The molecule has 1 aliphatic rings. The van der Waals surface area contributed by atoms with E-state index in [-0.39, 0.29) is 12.0 Å². The summed E-state index contributed by atoms with van der Waals surface area (Å²) in [4.78, 5) is 14.2. The van der Waals surface area contributed by atoms with Crippen LogP contribution in [0.1, 0.15) is 52.7 Å². The van der Waals surface area contributed by atoms with E-state index in [1.165, 1.54) is 10.4 Å². The third kappa shape index (κ3) is 3.80. The number of hydrogen-bond acceptors (Lipinski definition) is 3. The van der Waals surface area contributed by atoms with E-state index in [4.69, 9.17) is 0 Å². The van der Waals surface area contributed by atoms with E-state index in [0.29, 0.717) is 5.92 Å². The van der Waals surface area contributed by atoms with Gasteiger partial charge in [0, 0.05) is 11.4 Å². The molecule has 1 saturated carbocycles. The molecule has 0 atom stereocenters. The van der Waals surface area contributed by atoms with E-state index in [9.17, 15) is 9.90 Å². The molecule has 3 nitrogen and oxygen atoms in total. The fraction of sp³-hybridized carbons (Fsp3) is 0.667. The van der Waals surface area contributed by atoms with Gasteiger partial charge in [0.1, 0.15) is 0 Å².